The van der Waals surface area contributed by atoms with Gasteiger partial charge in [-0.2, -0.15) is 0 Å². The van der Waals surface area contributed by atoms with E-state index in [1.807, 2.05) is 36.2 Å². The van der Waals surface area contributed by atoms with Gasteiger partial charge in [-0.15, -0.1) is 0 Å². The molecule has 154 valence electrons. The minimum atomic E-state index is -0.533. The summed E-state index contributed by atoms with van der Waals surface area (Å²) in [4.78, 5) is 30.2. The summed E-state index contributed by atoms with van der Waals surface area (Å²) in [5.41, 5.74) is 1.45. The van der Waals surface area contributed by atoms with Gasteiger partial charge in [-0.1, -0.05) is 12.1 Å². The average Bonchev–Trinajstić information content (AvgIpc) is 2.75. The minimum absolute atomic E-state index is 0.293. The van der Waals surface area contributed by atoms with Gasteiger partial charge in [0.25, 0.3) is 0 Å². The van der Waals surface area contributed by atoms with Gasteiger partial charge < -0.3 is 20.3 Å². The number of ether oxygens (including phenoxy) is 1. The maximum Gasteiger partial charge on any atom is 0.343 e. The molecule has 1 amide bonds. The number of hydrogen-bond acceptors (Lipinski definition) is 7. The molecule has 1 aromatic carbocycles. The Morgan fingerprint density at radius 2 is 1.93 bits per heavy atom. The molecule has 2 N–H and O–H groups in total. The van der Waals surface area contributed by atoms with Crippen molar-refractivity contribution in [1.29, 1.82) is 0 Å². The Kier molecular flexibility index (Phi) is 7.24. The molecule has 0 aliphatic carbocycles. The van der Waals surface area contributed by atoms with E-state index in [4.69, 9.17) is 4.74 Å². The second-order valence-electron chi connectivity index (χ2n) is 7.34. The van der Waals surface area contributed by atoms with Crippen molar-refractivity contribution in [2.75, 3.05) is 63.6 Å². The SMILES string of the molecule is COC(=O)[C@H](N1CCN(C2CCNCC2)CC1)N(C)c1ccccc1NC=O. The summed E-state index contributed by atoms with van der Waals surface area (Å²) in [6.45, 7) is 5.66. The number of anilines is 2. The largest absolute Gasteiger partial charge is 0.466 e. The average molecular weight is 390 g/mol. The van der Waals surface area contributed by atoms with Crippen molar-refractivity contribution in [2.24, 2.45) is 0 Å². The molecule has 0 saturated carbocycles. The van der Waals surface area contributed by atoms with Crippen molar-refractivity contribution in [3.8, 4) is 0 Å². The van der Waals surface area contributed by atoms with E-state index in [-0.39, 0.29) is 5.97 Å². The molecule has 8 nitrogen and oxygen atoms in total. The van der Waals surface area contributed by atoms with Crippen LogP contribution in [0.3, 0.4) is 0 Å². The highest BCUT2D eigenvalue weighted by Crippen LogP contribution is 2.28. The highest BCUT2D eigenvalue weighted by Gasteiger charge is 2.35. The number of piperidine rings is 1. The summed E-state index contributed by atoms with van der Waals surface area (Å²) in [6, 6.07) is 8.10. The summed E-state index contributed by atoms with van der Waals surface area (Å²) < 4.78 is 5.12. The lowest BCUT2D eigenvalue weighted by molar-refractivity contribution is -0.147. The molecule has 1 atom stereocenters. The number of nitrogens with one attached hydrogen (secondary N) is 2. The van der Waals surface area contributed by atoms with Crippen LogP contribution in [0.4, 0.5) is 11.4 Å². The monoisotopic (exact) mass is 389 g/mol. The second-order valence-corrected chi connectivity index (χ2v) is 7.34. The van der Waals surface area contributed by atoms with Gasteiger partial charge >= 0.3 is 5.97 Å². The van der Waals surface area contributed by atoms with Crippen molar-refractivity contribution in [3.05, 3.63) is 24.3 Å². The van der Waals surface area contributed by atoms with Gasteiger partial charge in [0.1, 0.15) is 0 Å². The number of benzene rings is 1. The zero-order chi connectivity index (χ0) is 19.9. The number of para-hydroxylation sites is 2. The van der Waals surface area contributed by atoms with Crippen LogP contribution >= 0.6 is 0 Å². The van der Waals surface area contributed by atoms with E-state index < -0.39 is 6.17 Å². The van der Waals surface area contributed by atoms with Gasteiger partial charge in [-0.25, -0.2) is 4.79 Å². The molecule has 0 aromatic heterocycles. The number of nitrogens with zero attached hydrogens (tertiary/aromatic N) is 3. The molecule has 0 bridgehead atoms. The fourth-order valence-corrected chi connectivity index (χ4v) is 4.27. The van der Waals surface area contributed by atoms with E-state index >= 15 is 0 Å². The Hall–Kier alpha value is -2.16. The summed E-state index contributed by atoms with van der Waals surface area (Å²) in [5, 5.41) is 6.13. The summed E-state index contributed by atoms with van der Waals surface area (Å²) in [5.74, 6) is -0.293. The van der Waals surface area contributed by atoms with E-state index in [2.05, 4.69) is 20.4 Å². The van der Waals surface area contributed by atoms with Crippen LogP contribution in [-0.2, 0) is 14.3 Å². The van der Waals surface area contributed by atoms with Crippen LogP contribution in [-0.4, -0.2) is 87.8 Å². The number of likely N-dealkylation sites (N-methyl/N-ethyl adjacent to an activating group) is 1. The van der Waals surface area contributed by atoms with Crippen molar-refractivity contribution >= 4 is 23.8 Å². The van der Waals surface area contributed by atoms with Crippen LogP contribution in [0.25, 0.3) is 0 Å². The highest BCUT2D eigenvalue weighted by atomic mass is 16.5. The molecule has 2 saturated heterocycles. The zero-order valence-corrected chi connectivity index (χ0v) is 16.8. The van der Waals surface area contributed by atoms with Crippen LogP contribution in [0.5, 0.6) is 0 Å². The molecule has 2 aliphatic heterocycles. The number of carbonyl (C=O) groups is 2. The van der Waals surface area contributed by atoms with E-state index in [0.29, 0.717) is 18.1 Å². The minimum Gasteiger partial charge on any atom is -0.466 e. The molecule has 2 aliphatic rings. The first-order valence-electron chi connectivity index (χ1n) is 9.94. The molecule has 0 spiro atoms. The lowest BCUT2D eigenvalue weighted by atomic mass is 10.0. The standard InChI is InChI=1S/C20H31N5O3/c1-23(18-6-4-3-5-17(18)22-15-26)19(20(27)28-2)25-13-11-24(12-14-25)16-7-9-21-10-8-16/h3-6,15-16,19,21H,7-14H2,1-2H3,(H,22,26)/t19-/m0/s1. The summed E-state index contributed by atoms with van der Waals surface area (Å²) >= 11 is 0. The quantitative estimate of drug-likeness (QED) is 0.521. The predicted molar refractivity (Wildman–Crippen MR) is 109 cm³/mol. The van der Waals surface area contributed by atoms with Crippen molar-refractivity contribution in [1.82, 2.24) is 15.1 Å². The molecule has 2 fully saturated rings. The van der Waals surface area contributed by atoms with Gasteiger partial charge in [0.2, 0.25) is 6.41 Å². The van der Waals surface area contributed by atoms with E-state index in [0.717, 1.165) is 45.0 Å². The number of hydrogen-bond donors (Lipinski definition) is 2. The van der Waals surface area contributed by atoms with Crippen molar-refractivity contribution in [3.63, 3.8) is 0 Å². The molecule has 3 rings (SSSR count). The fourth-order valence-electron chi connectivity index (χ4n) is 4.27. The van der Waals surface area contributed by atoms with E-state index in [1.54, 1.807) is 0 Å². The van der Waals surface area contributed by atoms with E-state index in [9.17, 15) is 9.59 Å². The van der Waals surface area contributed by atoms with Crippen LogP contribution in [0.2, 0.25) is 0 Å². The fraction of sp³-hybridized carbons (Fsp3) is 0.600. The third kappa shape index (κ3) is 4.63. The third-order valence-corrected chi connectivity index (χ3v) is 5.80. The highest BCUT2D eigenvalue weighted by molar-refractivity contribution is 5.85. The molecular weight excluding hydrogens is 358 g/mol. The number of methoxy groups -OCH3 is 1. The lowest BCUT2D eigenvalue weighted by Crippen LogP contribution is -2.60. The van der Waals surface area contributed by atoms with E-state index in [1.165, 1.54) is 20.0 Å². The summed E-state index contributed by atoms with van der Waals surface area (Å²) in [6.07, 6.45) is 2.49. The second kappa shape index (κ2) is 9.86. The number of amides is 1. The first-order chi connectivity index (χ1) is 13.7. The zero-order valence-electron chi connectivity index (χ0n) is 16.8. The van der Waals surface area contributed by atoms with Crippen LogP contribution in [0.15, 0.2) is 24.3 Å². The molecule has 28 heavy (non-hydrogen) atoms. The first kappa shape index (κ1) is 20.6. The van der Waals surface area contributed by atoms with Crippen molar-refractivity contribution in [2.45, 2.75) is 25.0 Å². The molecular formula is C20H31N5O3. The Labute approximate surface area is 166 Å². The van der Waals surface area contributed by atoms with Crippen molar-refractivity contribution < 1.29 is 14.3 Å². The van der Waals surface area contributed by atoms with Gasteiger partial charge in [-0.05, 0) is 38.1 Å². The van der Waals surface area contributed by atoms with Crippen LogP contribution < -0.4 is 15.5 Å². The number of rotatable bonds is 7. The number of piperazine rings is 1. The Balaban J connectivity index is 1.72. The normalized spacial score (nSPS) is 20.4. The smallest absolute Gasteiger partial charge is 0.343 e. The van der Waals surface area contributed by atoms with Crippen LogP contribution in [0.1, 0.15) is 12.8 Å². The maximum absolute atomic E-state index is 12.7. The number of carbonyl (C=O) groups excluding carboxylic acids is 2. The van der Waals surface area contributed by atoms with Gasteiger partial charge in [-0.3, -0.25) is 14.6 Å². The lowest BCUT2D eigenvalue weighted by Gasteiger charge is -2.44. The van der Waals surface area contributed by atoms with Gasteiger partial charge in [0.05, 0.1) is 18.5 Å². The molecule has 0 unspecified atom stereocenters. The van der Waals surface area contributed by atoms with Gasteiger partial charge in [0.15, 0.2) is 6.17 Å². The molecule has 0 radical (unpaired) electrons. The summed E-state index contributed by atoms with van der Waals surface area (Å²) in [7, 11) is 3.29. The third-order valence-electron chi connectivity index (χ3n) is 5.80. The topological polar surface area (TPSA) is 77.2 Å². The maximum atomic E-state index is 12.7. The Morgan fingerprint density at radius 1 is 1.25 bits per heavy atom. The van der Waals surface area contributed by atoms with Gasteiger partial charge in [0, 0.05) is 39.3 Å². The molecule has 1 aromatic rings. The first-order valence-corrected chi connectivity index (χ1v) is 9.94. The molecule has 2 heterocycles. The Bertz CT molecular complexity index is 657. The molecule has 8 heteroatoms. The Morgan fingerprint density at radius 3 is 2.57 bits per heavy atom. The van der Waals surface area contributed by atoms with Crippen LogP contribution in [0, 0.1) is 0 Å². The predicted octanol–water partition coefficient (Wildman–Crippen LogP) is 0.560. The number of esters is 1.